The number of benzene rings is 2. The molecule has 1 amide bonds. The number of rotatable bonds is 2. The molecular weight excluding hydrogens is 276 g/mol. The first kappa shape index (κ1) is 13.1. The number of amides is 1. The van der Waals surface area contributed by atoms with Gasteiger partial charge in [0.05, 0.1) is 5.56 Å². The summed E-state index contributed by atoms with van der Waals surface area (Å²) in [4.78, 5) is 12.3. The van der Waals surface area contributed by atoms with Gasteiger partial charge in [-0.3, -0.25) is 4.79 Å². The van der Waals surface area contributed by atoms with Crippen molar-refractivity contribution < 1.29 is 9.90 Å². The number of phenols is 1. The van der Waals surface area contributed by atoms with Gasteiger partial charge in [-0.1, -0.05) is 36.4 Å². The minimum atomic E-state index is -0.370. The second kappa shape index (κ2) is 4.98. The lowest BCUT2D eigenvalue weighted by Crippen LogP contribution is -2.35. The SMILES string of the molecule is O=C(N/N=C1/C[C@@H]2C=CC[C@@H]12)c1cc2ccccc2cc1O. The molecule has 0 saturated heterocycles. The molecule has 0 radical (unpaired) electrons. The molecule has 0 bridgehead atoms. The summed E-state index contributed by atoms with van der Waals surface area (Å²) in [6.45, 7) is 0. The summed E-state index contributed by atoms with van der Waals surface area (Å²) in [5.74, 6) is 0.672. The normalized spacial score (nSPS) is 24.3. The molecule has 2 aromatic carbocycles. The van der Waals surface area contributed by atoms with Gasteiger partial charge in [0.2, 0.25) is 0 Å². The molecule has 2 aliphatic rings. The average molecular weight is 292 g/mol. The van der Waals surface area contributed by atoms with Gasteiger partial charge in [-0.05, 0) is 41.7 Å². The number of hydrogen-bond acceptors (Lipinski definition) is 3. The maximum atomic E-state index is 12.3. The number of hydrogen-bond donors (Lipinski definition) is 2. The van der Waals surface area contributed by atoms with Crippen molar-refractivity contribution in [1.29, 1.82) is 0 Å². The van der Waals surface area contributed by atoms with Gasteiger partial charge in [0.15, 0.2) is 0 Å². The summed E-state index contributed by atoms with van der Waals surface area (Å²) in [6, 6.07) is 10.9. The maximum absolute atomic E-state index is 12.3. The zero-order valence-electron chi connectivity index (χ0n) is 12.0. The standard InChI is InChI=1S/C18H16N2O2/c21-17-10-12-5-2-1-4-11(12)8-15(17)18(22)20-19-16-9-13-6-3-7-14(13)16/h1-6,8,10,13-14,21H,7,9H2,(H,20,22)/b19-16-/t13-,14+/m0/s1. The van der Waals surface area contributed by atoms with Gasteiger partial charge in [-0.2, -0.15) is 5.10 Å². The van der Waals surface area contributed by atoms with Crippen molar-refractivity contribution in [2.45, 2.75) is 12.8 Å². The molecule has 110 valence electrons. The molecule has 2 aromatic rings. The third kappa shape index (κ3) is 2.08. The van der Waals surface area contributed by atoms with Crippen molar-refractivity contribution in [3.8, 4) is 5.75 Å². The van der Waals surface area contributed by atoms with Crippen molar-refractivity contribution >= 4 is 22.4 Å². The number of allylic oxidation sites excluding steroid dienone is 2. The van der Waals surface area contributed by atoms with E-state index < -0.39 is 0 Å². The lowest BCUT2D eigenvalue weighted by Gasteiger charge is -2.31. The fourth-order valence-corrected chi connectivity index (χ4v) is 3.26. The predicted octanol–water partition coefficient (Wildman–Crippen LogP) is 3.23. The van der Waals surface area contributed by atoms with E-state index in [1.807, 2.05) is 24.3 Å². The van der Waals surface area contributed by atoms with Crippen molar-refractivity contribution in [3.05, 3.63) is 54.1 Å². The monoisotopic (exact) mass is 292 g/mol. The minimum Gasteiger partial charge on any atom is -0.507 e. The Balaban J connectivity index is 1.55. The van der Waals surface area contributed by atoms with E-state index in [0.29, 0.717) is 11.8 Å². The molecule has 1 saturated carbocycles. The number of phenolic OH excluding ortho intramolecular Hbond substituents is 1. The predicted molar refractivity (Wildman–Crippen MR) is 85.9 cm³/mol. The molecule has 4 rings (SSSR count). The molecule has 1 fully saturated rings. The van der Waals surface area contributed by atoms with Crippen LogP contribution in [0.3, 0.4) is 0 Å². The molecule has 0 aromatic heterocycles. The van der Waals surface area contributed by atoms with E-state index in [4.69, 9.17) is 0 Å². The van der Waals surface area contributed by atoms with Gasteiger partial charge >= 0.3 is 0 Å². The largest absolute Gasteiger partial charge is 0.507 e. The van der Waals surface area contributed by atoms with Gasteiger partial charge in [-0.25, -0.2) is 5.43 Å². The Morgan fingerprint density at radius 2 is 2.00 bits per heavy atom. The van der Waals surface area contributed by atoms with Crippen LogP contribution in [0.1, 0.15) is 23.2 Å². The van der Waals surface area contributed by atoms with E-state index >= 15 is 0 Å². The maximum Gasteiger partial charge on any atom is 0.275 e. The molecule has 4 nitrogen and oxygen atoms in total. The highest BCUT2D eigenvalue weighted by atomic mass is 16.3. The average Bonchev–Trinajstić information content (AvgIpc) is 2.88. The molecule has 0 unspecified atom stereocenters. The van der Waals surface area contributed by atoms with E-state index in [1.165, 1.54) is 0 Å². The highest BCUT2D eigenvalue weighted by Crippen LogP contribution is 2.40. The Hall–Kier alpha value is -2.62. The minimum absolute atomic E-state index is 0.0228. The molecule has 0 heterocycles. The smallest absolute Gasteiger partial charge is 0.275 e. The molecule has 2 atom stereocenters. The van der Waals surface area contributed by atoms with Crippen LogP contribution in [-0.2, 0) is 0 Å². The first-order valence-corrected chi connectivity index (χ1v) is 7.47. The second-order valence-corrected chi connectivity index (χ2v) is 5.90. The number of carbonyl (C=O) groups excluding carboxylic acids is 1. The lowest BCUT2D eigenvalue weighted by molar-refractivity contribution is 0.0951. The van der Waals surface area contributed by atoms with Crippen LogP contribution < -0.4 is 5.43 Å². The molecule has 2 N–H and O–H groups in total. The summed E-state index contributed by atoms with van der Waals surface area (Å²) in [6.07, 6.45) is 6.33. The van der Waals surface area contributed by atoms with Gasteiger partial charge in [0.1, 0.15) is 5.75 Å². The Morgan fingerprint density at radius 3 is 2.77 bits per heavy atom. The summed E-state index contributed by atoms with van der Waals surface area (Å²) < 4.78 is 0. The van der Waals surface area contributed by atoms with Crippen molar-refractivity contribution in [1.82, 2.24) is 5.43 Å². The number of aromatic hydroxyl groups is 1. The topological polar surface area (TPSA) is 61.7 Å². The highest BCUT2D eigenvalue weighted by Gasteiger charge is 2.38. The van der Waals surface area contributed by atoms with Crippen LogP contribution in [0.25, 0.3) is 10.8 Å². The van der Waals surface area contributed by atoms with Crippen LogP contribution >= 0.6 is 0 Å². The summed E-state index contributed by atoms with van der Waals surface area (Å²) in [5, 5.41) is 16.1. The zero-order valence-corrected chi connectivity index (χ0v) is 12.0. The van der Waals surface area contributed by atoms with Crippen molar-refractivity contribution in [2.24, 2.45) is 16.9 Å². The molecular formula is C18H16N2O2. The van der Waals surface area contributed by atoms with Gasteiger partial charge in [0, 0.05) is 11.6 Å². The quantitative estimate of drug-likeness (QED) is 0.659. The fraction of sp³-hybridized carbons (Fsp3) is 0.222. The highest BCUT2D eigenvalue weighted by molar-refractivity contribution is 6.02. The summed E-state index contributed by atoms with van der Waals surface area (Å²) in [5.41, 5.74) is 3.88. The fourth-order valence-electron chi connectivity index (χ4n) is 3.26. The van der Waals surface area contributed by atoms with Crippen LogP contribution in [-0.4, -0.2) is 16.7 Å². The Morgan fingerprint density at radius 1 is 1.23 bits per heavy atom. The van der Waals surface area contributed by atoms with Crippen molar-refractivity contribution in [2.75, 3.05) is 0 Å². The molecule has 4 heteroatoms. The van der Waals surface area contributed by atoms with Gasteiger partial charge < -0.3 is 5.11 Å². The molecule has 22 heavy (non-hydrogen) atoms. The summed E-state index contributed by atoms with van der Waals surface area (Å²) in [7, 11) is 0. The van der Waals surface area contributed by atoms with E-state index in [1.54, 1.807) is 12.1 Å². The van der Waals surface area contributed by atoms with E-state index in [9.17, 15) is 9.90 Å². The van der Waals surface area contributed by atoms with Crippen LogP contribution in [0.15, 0.2) is 53.7 Å². The van der Waals surface area contributed by atoms with Crippen LogP contribution in [0.2, 0.25) is 0 Å². The number of hydrazone groups is 1. The first-order valence-electron chi connectivity index (χ1n) is 7.47. The van der Waals surface area contributed by atoms with Gasteiger partial charge in [0.25, 0.3) is 5.91 Å². The first-order chi connectivity index (χ1) is 10.7. The van der Waals surface area contributed by atoms with E-state index in [0.717, 1.165) is 29.3 Å². The number of carbonyl (C=O) groups is 1. The second-order valence-electron chi connectivity index (χ2n) is 5.90. The number of nitrogens with one attached hydrogen (secondary N) is 1. The van der Waals surface area contributed by atoms with E-state index in [-0.39, 0.29) is 17.2 Å². The number of fused-ring (bicyclic) bond motifs is 2. The third-order valence-corrected chi connectivity index (χ3v) is 4.57. The molecule has 0 spiro atoms. The van der Waals surface area contributed by atoms with Crippen molar-refractivity contribution in [3.63, 3.8) is 0 Å². The van der Waals surface area contributed by atoms with Crippen LogP contribution in [0.5, 0.6) is 5.75 Å². The van der Waals surface area contributed by atoms with Gasteiger partial charge in [-0.15, -0.1) is 0 Å². The van der Waals surface area contributed by atoms with E-state index in [2.05, 4.69) is 22.7 Å². The van der Waals surface area contributed by atoms with Crippen LogP contribution in [0, 0.1) is 11.8 Å². The Labute approximate surface area is 128 Å². The molecule has 2 aliphatic carbocycles. The zero-order chi connectivity index (χ0) is 15.1. The lowest BCUT2D eigenvalue weighted by atomic mass is 9.74. The molecule has 0 aliphatic heterocycles. The Bertz CT molecular complexity index is 823. The Kier molecular flexibility index (Phi) is 2.96. The third-order valence-electron chi connectivity index (χ3n) is 4.57. The van der Waals surface area contributed by atoms with Crippen LogP contribution in [0.4, 0.5) is 0 Å². The number of nitrogens with zero attached hydrogens (tertiary/aromatic N) is 1. The summed E-state index contributed by atoms with van der Waals surface area (Å²) >= 11 is 0.